The van der Waals surface area contributed by atoms with Crippen LogP contribution in [0.15, 0.2) is 62.7 Å². The minimum absolute atomic E-state index is 0.00956. The van der Waals surface area contributed by atoms with E-state index in [1.807, 2.05) is 24.3 Å². The lowest BCUT2D eigenvalue weighted by molar-refractivity contribution is 0.470. The molecule has 0 saturated heterocycles. The molecule has 0 atom stereocenters. The Bertz CT molecular complexity index is 1010. The third-order valence-electron chi connectivity index (χ3n) is 2.94. The number of hydrogen-bond acceptors (Lipinski definition) is 5. The van der Waals surface area contributed by atoms with Crippen LogP contribution in [0, 0.1) is 0 Å². The van der Waals surface area contributed by atoms with Crippen LogP contribution >= 0.6 is 15.9 Å². The molecule has 0 unspecified atom stereocenters. The van der Waals surface area contributed by atoms with Gasteiger partial charge in [0.15, 0.2) is 0 Å². The summed E-state index contributed by atoms with van der Waals surface area (Å²) in [7, 11) is -4.04. The monoisotopic (exact) mass is 380 g/mol. The van der Waals surface area contributed by atoms with Crippen molar-refractivity contribution in [3.05, 3.63) is 63.4 Å². The van der Waals surface area contributed by atoms with Gasteiger partial charge in [-0.05, 0) is 38.8 Å². The van der Waals surface area contributed by atoms with Crippen molar-refractivity contribution in [2.45, 2.75) is 4.90 Å². The minimum Gasteiger partial charge on any atom is -0.357 e. The van der Waals surface area contributed by atoms with Crippen LogP contribution in [-0.4, -0.2) is 18.6 Å². The number of H-pyrrole nitrogens is 1. The molecule has 0 bridgehead atoms. The van der Waals surface area contributed by atoms with Crippen LogP contribution in [0.3, 0.4) is 0 Å². The molecule has 0 aliphatic carbocycles. The average molecular weight is 381 g/mol. The van der Waals surface area contributed by atoms with Gasteiger partial charge in [0.05, 0.1) is 4.47 Å². The number of rotatable bonds is 3. The van der Waals surface area contributed by atoms with Crippen molar-refractivity contribution in [3.63, 3.8) is 0 Å². The summed E-state index contributed by atoms with van der Waals surface area (Å²) in [6, 6.07) is 13.2. The zero-order valence-electron chi connectivity index (χ0n) is 11.0. The van der Waals surface area contributed by atoms with Crippen LogP contribution in [0.5, 0.6) is 5.88 Å². The Hall–Kier alpha value is -2.19. The Balaban J connectivity index is 2.00. The quantitative estimate of drug-likeness (QED) is 0.704. The first kappa shape index (κ1) is 14.7. The van der Waals surface area contributed by atoms with E-state index < -0.39 is 15.7 Å². The summed E-state index contributed by atoms with van der Waals surface area (Å²) >= 11 is 2.98. The smallest absolute Gasteiger partial charge is 0.340 e. The summed E-state index contributed by atoms with van der Waals surface area (Å²) < 4.78 is 29.6. The molecule has 112 valence electrons. The second kappa shape index (κ2) is 5.54. The second-order valence-corrected chi connectivity index (χ2v) is 6.83. The molecule has 1 N–H and O–H groups in total. The van der Waals surface area contributed by atoms with E-state index in [0.29, 0.717) is 0 Å². The number of nitrogens with one attached hydrogen (secondary N) is 1. The van der Waals surface area contributed by atoms with Gasteiger partial charge in [0, 0.05) is 6.07 Å². The van der Waals surface area contributed by atoms with Gasteiger partial charge in [-0.1, -0.05) is 30.3 Å². The molecule has 1 aromatic heterocycles. The van der Waals surface area contributed by atoms with E-state index in [0.717, 1.165) is 10.8 Å². The lowest BCUT2D eigenvalue weighted by Crippen LogP contribution is -2.14. The zero-order valence-corrected chi connectivity index (χ0v) is 13.4. The van der Waals surface area contributed by atoms with Crippen LogP contribution in [0.2, 0.25) is 0 Å². The molecule has 0 aliphatic heterocycles. The van der Waals surface area contributed by atoms with Gasteiger partial charge in [-0.25, -0.2) is 5.10 Å². The standard InChI is InChI=1S/C14H9BrN2O4S/c15-12-8-13(16-17-14(12)18)21-22(19,20)11-6-5-9-3-1-2-4-10(9)7-11/h1-8H,(H,17,18). The van der Waals surface area contributed by atoms with Crippen molar-refractivity contribution >= 4 is 36.8 Å². The summed E-state index contributed by atoms with van der Waals surface area (Å²) in [6.45, 7) is 0. The number of halogens is 1. The topological polar surface area (TPSA) is 89.1 Å². The van der Waals surface area contributed by atoms with Crippen LogP contribution in [0.4, 0.5) is 0 Å². The predicted octanol–water partition coefficient (Wildman–Crippen LogP) is 2.45. The van der Waals surface area contributed by atoms with E-state index in [2.05, 4.69) is 26.1 Å². The van der Waals surface area contributed by atoms with Crippen molar-refractivity contribution < 1.29 is 12.6 Å². The van der Waals surface area contributed by atoms with Crippen LogP contribution in [-0.2, 0) is 10.1 Å². The van der Waals surface area contributed by atoms with E-state index in [4.69, 9.17) is 4.18 Å². The normalized spacial score (nSPS) is 11.5. The maximum absolute atomic E-state index is 12.3. The van der Waals surface area contributed by atoms with Gasteiger partial charge in [0.2, 0.25) is 0 Å². The number of fused-ring (bicyclic) bond motifs is 1. The van der Waals surface area contributed by atoms with E-state index in [1.54, 1.807) is 6.07 Å². The maximum atomic E-state index is 12.3. The Morgan fingerprint density at radius 1 is 1.05 bits per heavy atom. The lowest BCUT2D eigenvalue weighted by Gasteiger charge is -2.07. The molecule has 3 rings (SSSR count). The molecule has 0 saturated carbocycles. The fourth-order valence-corrected chi connectivity index (χ4v) is 3.09. The Morgan fingerprint density at radius 3 is 2.50 bits per heavy atom. The zero-order chi connectivity index (χ0) is 15.7. The molecular weight excluding hydrogens is 372 g/mol. The van der Waals surface area contributed by atoms with Crippen LogP contribution < -0.4 is 9.74 Å². The Morgan fingerprint density at radius 2 is 1.77 bits per heavy atom. The van der Waals surface area contributed by atoms with Crippen molar-refractivity contribution in [1.29, 1.82) is 0 Å². The maximum Gasteiger partial charge on any atom is 0.340 e. The van der Waals surface area contributed by atoms with E-state index in [9.17, 15) is 13.2 Å². The van der Waals surface area contributed by atoms with Crippen LogP contribution in [0.25, 0.3) is 10.8 Å². The summed E-state index contributed by atoms with van der Waals surface area (Å²) in [5, 5.41) is 7.38. The first-order chi connectivity index (χ1) is 10.5. The fourth-order valence-electron chi connectivity index (χ4n) is 1.89. The van der Waals surface area contributed by atoms with E-state index in [-0.39, 0.29) is 15.2 Å². The van der Waals surface area contributed by atoms with E-state index in [1.165, 1.54) is 18.2 Å². The molecular formula is C14H9BrN2O4S. The third-order valence-corrected chi connectivity index (χ3v) is 4.75. The molecule has 22 heavy (non-hydrogen) atoms. The molecule has 0 aliphatic rings. The Labute approximate surface area is 134 Å². The van der Waals surface area contributed by atoms with Gasteiger partial charge in [0.1, 0.15) is 4.90 Å². The molecule has 3 aromatic rings. The van der Waals surface area contributed by atoms with Gasteiger partial charge in [-0.15, -0.1) is 5.10 Å². The summed E-state index contributed by atoms with van der Waals surface area (Å²) in [5.41, 5.74) is -0.476. The summed E-state index contributed by atoms with van der Waals surface area (Å²) in [4.78, 5) is 11.2. The second-order valence-electron chi connectivity index (χ2n) is 4.43. The number of hydrogen-bond donors (Lipinski definition) is 1. The molecule has 1 heterocycles. The van der Waals surface area contributed by atoms with Crippen molar-refractivity contribution in [2.75, 3.05) is 0 Å². The highest BCUT2D eigenvalue weighted by Gasteiger charge is 2.18. The van der Waals surface area contributed by atoms with Crippen molar-refractivity contribution in [2.24, 2.45) is 0 Å². The highest BCUT2D eigenvalue weighted by Crippen LogP contribution is 2.22. The largest absolute Gasteiger partial charge is 0.357 e. The SMILES string of the molecule is O=c1[nH]nc(OS(=O)(=O)c2ccc3ccccc3c2)cc1Br. The molecule has 0 radical (unpaired) electrons. The predicted molar refractivity (Wildman–Crippen MR) is 84.3 cm³/mol. The van der Waals surface area contributed by atoms with Gasteiger partial charge < -0.3 is 4.18 Å². The molecule has 0 fully saturated rings. The number of nitrogens with zero attached hydrogens (tertiary/aromatic N) is 1. The van der Waals surface area contributed by atoms with Crippen molar-refractivity contribution in [3.8, 4) is 5.88 Å². The van der Waals surface area contributed by atoms with Crippen LogP contribution in [0.1, 0.15) is 0 Å². The lowest BCUT2D eigenvalue weighted by atomic mass is 10.1. The van der Waals surface area contributed by atoms with Gasteiger partial charge in [-0.3, -0.25) is 4.79 Å². The summed E-state index contributed by atoms with van der Waals surface area (Å²) in [5.74, 6) is -0.223. The number of benzene rings is 2. The molecule has 8 heteroatoms. The molecule has 0 amide bonds. The first-order valence-electron chi connectivity index (χ1n) is 6.14. The highest BCUT2D eigenvalue weighted by molar-refractivity contribution is 9.10. The van der Waals surface area contributed by atoms with Crippen molar-refractivity contribution in [1.82, 2.24) is 10.2 Å². The molecule has 0 spiro atoms. The van der Waals surface area contributed by atoms with Gasteiger partial charge in [-0.2, -0.15) is 8.42 Å². The third kappa shape index (κ3) is 2.88. The fraction of sp³-hybridized carbons (Fsp3) is 0. The van der Waals surface area contributed by atoms with Gasteiger partial charge in [0.25, 0.3) is 11.4 Å². The number of aromatic nitrogens is 2. The van der Waals surface area contributed by atoms with Gasteiger partial charge >= 0.3 is 10.1 Å². The first-order valence-corrected chi connectivity index (χ1v) is 8.34. The average Bonchev–Trinajstić information content (AvgIpc) is 2.50. The molecule has 6 nitrogen and oxygen atoms in total. The highest BCUT2D eigenvalue weighted by atomic mass is 79.9. The molecule has 2 aromatic carbocycles. The minimum atomic E-state index is -4.04. The van der Waals surface area contributed by atoms with E-state index >= 15 is 0 Å². The Kier molecular flexibility index (Phi) is 3.71. The number of aromatic amines is 1. The summed E-state index contributed by atoms with van der Waals surface area (Å²) in [6.07, 6.45) is 0.